The highest BCUT2D eigenvalue weighted by molar-refractivity contribution is 7.12. The number of aromatic nitrogens is 2. The van der Waals surface area contributed by atoms with Crippen molar-refractivity contribution in [2.45, 2.75) is 25.9 Å². The van der Waals surface area contributed by atoms with Crippen molar-refractivity contribution >= 4 is 46.2 Å². The average molecular weight is 502 g/mol. The molecule has 0 radical (unpaired) electrons. The molecule has 36 heavy (non-hydrogen) atoms. The van der Waals surface area contributed by atoms with Gasteiger partial charge in [0.25, 0.3) is 0 Å². The highest BCUT2D eigenvalue weighted by atomic mass is 32.1. The molecular formula is C28H31N5O2S. The number of likely N-dealkylation sites (N-methyl/N-ethyl adjacent to an activating group) is 1. The van der Waals surface area contributed by atoms with Gasteiger partial charge in [-0.1, -0.05) is 36.4 Å². The topological polar surface area (TPSA) is 73.5 Å². The van der Waals surface area contributed by atoms with Crippen molar-refractivity contribution < 1.29 is 9.53 Å². The van der Waals surface area contributed by atoms with Gasteiger partial charge in [-0.05, 0) is 68.2 Å². The number of carbonyl (C=O) groups is 1. The first-order valence-corrected chi connectivity index (χ1v) is 13.0. The molecule has 2 aromatic heterocycles. The number of nitrogens with zero attached hydrogens (tertiary/aromatic N) is 3. The number of H-pyrrole nitrogens is 1. The number of ether oxygens (including phenoxy) is 1. The van der Waals surface area contributed by atoms with Gasteiger partial charge in [0.05, 0.1) is 16.9 Å². The van der Waals surface area contributed by atoms with Crippen molar-refractivity contribution in [3.8, 4) is 5.06 Å². The first-order chi connectivity index (χ1) is 17.5. The molecule has 1 saturated heterocycles. The summed E-state index contributed by atoms with van der Waals surface area (Å²) in [5.74, 6) is 0. The van der Waals surface area contributed by atoms with Gasteiger partial charge in [0, 0.05) is 36.6 Å². The van der Waals surface area contributed by atoms with Crippen LogP contribution in [0.3, 0.4) is 0 Å². The Labute approximate surface area is 215 Å². The van der Waals surface area contributed by atoms with E-state index in [4.69, 9.17) is 4.74 Å². The summed E-state index contributed by atoms with van der Waals surface area (Å²) < 4.78 is 5.58. The molecule has 8 heteroatoms. The third-order valence-electron chi connectivity index (χ3n) is 6.66. The molecule has 1 aliphatic rings. The highest BCUT2D eigenvalue weighted by Crippen LogP contribution is 2.27. The van der Waals surface area contributed by atoms with Crippen molar-refractivity contribution in [1.82, 2.24) is 20.0 Å². The molecule has 4 aromatic rings. The number of amides is 1. The number of hydrogen-bond donors (Lipinski definition) is 2. The predicted octanol–water partition coefficient (Wildman–Crippen LogP) is 5.85. The van der Waals surface area contributed by atoms with Gasteiger partial charge in [-0.2, -0.15) is 5.10 Å². The summed E-state index contributed by atoms with van der Waals surface area (Å²) in [7, 11) is 4.28. The Morgan fingerprint density at radius 1 is 1.25 bits per heavy atom. The molecule has 1 atom stereocenters. The number of rotatable bonds is 7. The SMILES string of the molecule is Cc1ccsc1OC(=O)Nc1cc(CN2CCC(N(C)C)C2)ccc1/C=C/c1n[nH]c2ccccc12. The molecule has 1 unspecified atom stereocenters. The zero-order chi connectivity index (χ0) is 25.1. The molecule has 0 spiro atoms. The lowest BCUT2D eigenvalue weighted by Gasteiger charge is -2.21. The number of fused-ring (bicyclic) bond motifs is 1. The van der Waals surface area contributed by atoms with Gasteiger partial charge in [-0.15, -0.1) is 11.3 Å². The molecule has 1 amide bonds. The first-order valence-electron chi connectivity index (χ1n) is 12.1. The number of anilines is 1. The summed E-state index contributed by atoms with van der Waals surface area (Å²) in [4.78, 5) is 17.5. The molecule has 0 aliphatic carbocycles. The zero-order valence-electron chi connectivity index (χ0n) is 20.8. The van der Waals surface area contributed by atoms with Crippen molar-refractivity contribution in [1.29, 1.82) is 0 Å². The summed E-state index contributed by atoms with van der Waals surface area (Å²) >= 11 is 1.41. The van der Waals surface area contributed by atoms with Gasteiger partial charge in [0.2, 0.25) is 0 Å². The molecule has 7 nitrogen and oxygen atoms in total. The first kappa shape index (κ1) is 24.2. The van der Waals surface area contributed by atoms with Crippen LogP contribution in [0, 0.1) is 6.92 Å². The average Bonchev–Trinajstić information content (AvgIpc) is 3.59. The number of likely N-dealkylation sites (tertiary alicyclic amines) is 1. The van der Waals surface area contributed by atoms with E-state index in [1.807, 2.05) is 66.9 Å². The minimum absolute atomic E-state index is 0.494. The summed E-state index contributed by atoms with van der Waals surface area (Å²) in [5, 5.41) is 14.0. The maximum Gasteiger partial charge on any atom is 0.417 e. The predicted molar refractivity (Wildman–Crippen MR) is 148 cm³/mol. The Morgan fingerprint density at radius 2 is 2.11 bits per heavy atom. The van der Waals surface area contributed by atoms with Gasteiger partial charge in [0.15, 0.2) is 5.06 Å². The summed E-state index contributed by atoms with van der Waals surface area (Å²) in [6.45, 7) is 4.88. The van der Waals surface area contributed by atoms with Crippen molar-refractivity contribution in [2.75, 3.05) is 32.5 Å². The van der Waals surface area contributed by atoms with Crippen LogP contribution in [0.1, 0.15) is 28.8 Å². The van der Waals surface area contributed by atoms with Crippen LogP contribution in [0.25, 0.3) is 23.1 Å². The van der Waals surface area contributed by atoms with Gasteiger partial charge in [-0.3, -0.25) is 15.3 Å². The molecule has 0 bridgehead atoms. The Morgan fingerprint density at radius 3 is 2.89 bits per heavy atom. The van der Waals surface area contributed by atoms with Gasteiger partial charge in [-0.25, -0.2) is 4.79 Å². The number of benzene rings is 2. The lowest BCUT2D eigenvalue weighted by Crippen LogP contribution is -2.31. The molecule has 2 aromatic carbocycles. The standard InChI is InChI=1S/C28H31N5O2S/c1-19-13-15-36-27(19)35-28(34)29-26-16-20(17-33-14-12-22(18-33)32(2)3)8-9-21(26)10-11-25-23-6-4-5-7-24(23)30-31-25/h4-11,13,15-16,22H,12,14,17-18H2,1-3H3,(H,29,34)(H,30,31)/b11-10+. The minimum atomic E-state index is -0.494. The van der Waals surface area contributed by atoms with Crippen LogP contribution in [0.5, 0.6) is 5.06 Å². The fourth-order valence-electron chi connectivity index (χ4n) is 4.55. The number of thiophene rings is 1. The van der Waals surface area contributed by atoms with Crippen LogP contribution in [0.2, 0.25) is 0 Å². The number of carbonyl (C=O) groups excluding carboxylic acids is 1. The third kappa shape index (κ3) is 5.51. The quantitative estimate of drug-likeness (QED) is 0.332. The van der Waals surface area contributed by atoms with E-state index < -0.39 is 6.09 Å². The number of aromatic amines is 1. The van der Waals surface area contributed by atoms with Crippen LogP contribution in [-0.4, -0.2) is 59.3 Å². The van der Waals surface area contributed by atoms with Gasteiger partial charge in [0.1, 0.15) is 0 Å². The lowest BCUT2D eigenvalue weighted by atomic mass is 10.1. The lowest BCUT2D eigenvalue weighted by molar-refractivity contribution is 0.216. The Balaban J connectivity index is 1.38. The van der Waals surface area contributed by atoms with E-state index in [1.54, 1.807) is 0 Å². The molecule has 3 heterocycles. The van der Waals surface area contributed by atoms with Gasteiger partial charge >= 0.3 is 6.09 Å². The summed E-state index contributed by atoms with van der Waals surface area (Å²) in [6.07, 6.45) is 4.63. The number of para-hydroxylation sites is 1. The molecule has 1 aliphatic heterocycles. The van der Waals surface area contributed by atoms with E-state index >= 15 is 0 Å². The van der Waals surface area contributed by atoms with Crippen molar-refractivity contribution in [3.05, 3.63) is 76.3 Å². The third-order valence-corrected chi connectivity index (χ3v) is 7.55. The summed E-state index contributed by atoms with van der Waals surface area (Å²) in [5.41, 5.74) is 5.54. The molecule has 186 valence electrons. The normalized spacial score (nSPS) is 16.4. The van der Waals surface area contributed by atoms with Crippen LogP contribution in [-0.2, 0) is 6.54 Å². The summed E-state index contributed by atoms with van der Waals surface area (Å²) in [6, 6.07) is 16.8. The maximum absolute atomic E-state index is 12.8. The van der Waals surface area contributed by atoms with Gasteiger partial charge < -0.3 is 9.64 Å². The van der Waals surface area contributed by atoms with Crippen molar-refractivity contribution in [2.24, 2.45) is 0 Å². The van der Waals surface area contributed by atoms with E-state index in [0.29, 0.717) is 16.8 Å². The molecular weight excluding hydrogens is 470 g/mol. The number of nitrogens with one attached hydrogen (secondary N) is 2. The Hall–Kier alpha value is -3.46. The highest BCUT2D eigenvalue weighted by Gasteiger charge is 2.24. The number of hydrogen-bond acceptors (Lipinski definition) is 6. The maximum atomic E-state index is 12.8. The number of aryl methyl sites for hydroxylation is 1. The van der Waals surface area contributed by atoms with Crippen LogP contribution < -0.4 is 10.1 Å². The molecule has 2 N–H and O–H groups in total. The Kier molecular flexibility index (Phi) is 7.18. The molecule has 0 saturated carbocycles. The second kappa shape index (κ2) is 10.7. The monoisotopic (exact) mass is 501 g/mol. The van der Waals surface area contributed by atoms with Crippen LogP contribution in [0.15, 0.2) is 53.9 Å². The van der Waals surface area contributed by atoms with E-state index in [0.717, 1.165) is 52.9 Å². The second-order valence-electron chi connectivity index (χ2n) is 9.46. The van der Waals surface area contributed by atoms with E-state index in [1.165, 1.54) is 17.8 Å². The largest absolute Gasteiger partial charge is 0.417 e. The minimum Gasteiger partial charge on any atom is -0.399 e. The van der Waals surface area contributed by atoms with E-state index in [9.17, 15) is 4.79 Å². The Bertz CT molecular complexity index is 1390. The zero-order valence-corrected chi connectivity index (χ0v) is 21.6. The second-order valence-corrected chi connectivity index (χ2v) is 10.3. The molecule has 5 rings (SSSR count). The fraction of sp³-hybridized carbons (Fsp3) is 0.286. The van der Waals surface area contributed by atoms with Crippen molar-refractivity contribution in [3.63, 3.8) is 0 Å². The van der Waals surface area contributed by atoms with E-state index in [-0.39, 0.29) is 0 Å². The van der Waals surface area contributed by atoms with Crippen LogP contribution >= 0.6 is 11.3 Å². The van der Waals surface area contributed by atoms with Crippen LogP contribution in [0.4, 0.5) is 10.5 Å². The fourth-order valence-corrected chi connectivity index (χ4v) is 5.33. The smallest absolute Gasteiger partial charge is 0.399 e. The molecule has 1 fully saturated rings. The van der Waals surface area contributed by atoms with E-state index in [2.05, 4.69) is 45.5 Å².